The van der Waals surface area contributed by atoms with Crippen molar-refractivity contribution >= 4 is 28.4 Å². The molecule has 3 aromatic rings. The summed E-state index contributed by atoms with van der Waals surface area (Å²) in [6.45, 7) is 0.705. The fourth-order valence-corrected chi connectivity index (χ4v) is 3.53. The van der Waals surface area contributed by atoms with Crippen molar-refractivity contribution in [3.8, 4) is 17.6 Å². The number of allylic oxidation sites excluding steroid dienone is 4. The highest BCUT2D eigenvalue weighted by Crippen LogP contribution is 2.33. The Morgan fingerprint density at radius 1 is 1.15 bits per heavy atom. The van der Waals surface area contributed by atoms with E-state index in [0.717, 1.165) is 16.5 Å². The van der Waals surface area contributed by atoms with Crippen LogP contribution in [0, 0.1) is 11.3 Å². The van der Waals surface area contributed by atoms with Crippen LogP contribution in [-0.2, 0) is 9.53 Å². The van der Waals surface area contributed by atoms with Crippen LogP contribution >= 0.6 is 0 Å². The molecule has 1 aromatic heterocycles. The fraction of sp³-hybridized carbons (Fsp3) is 0.154. The summed E-state index contributed by atoms with van der Waals surface area (Å²) in [6, 6.07) is 15.9. The second-order valence-corrected chi connectivity index (χ2v) is 7.38. The van der Waals surface area contributed by atoms with Gasteiger partial charge < -0.3 is 14.2 Å². The van der Waals surface area contributed by atoms with Gasteiger partial charge in [0, 0.05) is 31.2 Å². The number of hydrogen-bond donors (Lipinski definition) is 1. The van der Waals surface area contributed by atoms with Crippen LogP contribution in [0.2, 0.25) is 0 Å². The number of nitriles is 1. The quantitative estimate of drug-likeness (QED) is 0.533. The third kappa shape index (κ3) is 5.11. The van der Waals surface area contributed by atoms with Crippen LogP contribution in [-0.4, -0.2) is 37.2 Å². The van der Waals surface area contributed by atoms with Crippen molar-refractivity contribution in [3.05, 3.63) is 83.7 Å². The predicted molar refractivity (Wildman–Crippen MR) is 125 cm³/mol. The number of hydrogen-bond acceptors (Lipinski definition) is 7. The monoisotopic (exact) mass is 455 g/mol. The zero-order valence-electron chi connectivity index (χ0n) is 18.4. The number of fused-ring (bicyclic) bond motifs is 1. The minimum atomic E-state index is -0.739. The number of nitrogens with one attached hydrogen (secondary N) is 1. The Bertz CT molecular complexity index is 1340. The average molecular weight is 455 g/mol. The molecule has 8 nitrogen and oxygen atoms in total. The molecule has 0 unspecified atom stereocenters. The molecule has 1 aliphatic rings. The Hall–Kier alpha value is -4.48. The van der Waals surface area contributed by atoms with Gasteiger partial charge in [0.25, 0.3) is 0 Å². The van der Waals surface area contributed by atoms with Crippen molar-refractivity contribution in [2.45, 2.75) is 6.42 Å². The van der Waals surface area contributed by atoms with Gasteiger partial charge in [-0.05, 0) is 41.5 Å². The van der Waals surface area contributed by atoms with Gasteiger partial charge in [0.05, 0.1) is 23.4 Å². The van der Waals surface area contributed by atoms with Crippen LogP contribution in [0.4, 0.5) is 4.79 Å². The molecule has 34 heavy (non-hydrogen) atoms. The maximum atomic E-state index is 12.7. The topological polar surface area (TPSA) is 111 Å². The molecule has 170 valence electrons. The molecule has 1 aliphatic carbocycles. The van der Waals surface area contributed by atoms with Crippen LogP contribution in [0.15, 0.2) is 72.6 Å². The molecule has 4 rings (SSSR count). The Morgan fingerprint density at radius 3 is 2.71 bits per heavy atom. The van der Waals surface area contributed by atoms with E-state index in [-0.39, 0.29) is 17.9 Å². The van der Waals surface area contributed by atoms with E-state index in [4.69, 9.17) is 14.2 Å². The standard InChI is InChI=1S/C26H21N3O5/c1-32-11-12-33-25-15-23-21(13-18(25)16-27)20(9-10-28-23)17-7-8-22(24(30)14-17)29-26(31)34-19-5-3-2-4-6-19/h2-10,13,15H,11-12,14H2,1H3,(H,29,31). The fourth-order valence-electron chi connectivity index (χ4n) is 3.53. The van der Waals surface area contributed by atoms with Crippen LogP contribution < -0.4 is 14.8 Å². The predicted octanol–water partition coefficient (Wildman–Crippen LogP) is 4.16. The van der Waals surface area contributed by atoms with Crippen molar-refractivity contribution in [2.24, 2.45) is 0 Å². The van der Waals surface area contributed by atoms with Crippen molar-refractivity contribution in [3.63, 3.8) is 0 Å². The number of methoxy groups -OCH3 is 1. The lowest BCUT2D eigenvalue weighted by molar-refractivity contribution is -0.115. The molecule has 0 atom stereocenters. The van der Waals surface area contributed by atoms with Gasteiger partial charge in [0.15, 0.2) is 5.78 Å². The molecular weight excluding hydrogens is 434 g/mol. The smallest absolute Gasteiger partial charge is 0.417 e. The number of ether oxygens (including phenoxy) is 3. The minimum Gasteiger partial charge on any atom is -0.490 e. The van der Waals surface area contributed by atoms with Crippen molar-refractivity contribution < 1.29 is 23.8 Å². The summed E-state index contributed by atoms with van der Waals surface area (Å²) in [6.07, 6.45) is 4.29. The van der Waals surface area contributed by atoms with Gasteiger partial charge in [-0.25, -0.2) is 4.79 Å². The SMILES string of the molecule is COCCOc1cc2nccc(C3=CC=C(NC(=O)Oc4ccccc4)C(=O)C3)c2cc1C#N. The molecule has 0 aliphatic heterocycles. The number of rotatable bonds is 7. The molecule has 0 spiro atoms. The lowest BCUT2D eigenvalue weighted by Gasteiger charge is -2.17. The summed E-state index contributed by atoms with van der Waals surface area (Å²) in [5.41, 5.74) is 2.67. The van der Waals surface area contributed by atoms with E-state index in [0.29, 0.717) is 35.8 Å². The second-order valence-electron chi connectivity index (χ2n) is 7.38. The van der Waals surface area contributed by atoms with E-state index in [1.807, 2.05) is 6.07 Å². The highest BCUT2D eigenvalue weighted by atomic mass is 16.6. The molecule has 1 N–H and O–H groups in total. The van der Waals surface area contributed by atoms with E-state index in [1.54, 1.807) is 67.9 Å². The van der Waals surface area contributed by atoms with Crippen molar-refractivity contribution in [1.29, 1.82) is 5.26 Å². The third-order valence-corrected chi connectivity index (χ3v) is 5.15. The summed E-state index contributed by atoms with van der Waals surface area (Å²) < 4.78 is 15.8. The Morgan fingerprint density at radius 2 is 1.97 bits per heavy atom. The normalized spacial score (nSPS) is 13.0. The van der Waals surface area contributed by atoms with Gasteiger partial charge in [0.2, 0.25) is 0 Å². The summed E-state index contributed by atoms with van der Waals surface area (Å²) in [5, 5.41) is 12.8. The van der Waals surface area contributed by atoms with E-state index in [1.165, 1.54) is 0 Å². The molecule has 8 heteroatoms. The first-order valence-corrected chi connectivity index (χ1v) is 10.5. The second kappa shape index (κ2) is 10.4. The molecule has 0 saturated heterocycles. The van der Waals surface area contributed by atoms with E-state index < -0.39 is 6.09 Å². The summed E-state index contributed by atoms with van der Waals surface area (Å²) >= 11 is 0. The molecular formula is C26H21N3O5. The molecule has 0 radical (unpaired) electrons. The van der Waals surface area contributed by atoms with Crippen molar-refractivity contribution in [1.82, 2.24) is 10.3 Å². The Labute approximate surface area is 196 Å². The number of para-hydroxylation sites is 1. The highest BCUT2D eigenvalue weighted by Gasteiger charge is 2.21. The van der Waals surface area contributed by atoms with Gasteiger partial charge >= 0.3 is 6.09 Å². The van der Waals surface area contributed by atoms with Gasteiger partial charge in [-0.3, -0.25) is 15.1 Å². The number of ketones is 1. The van der Waals surface area contributed by atoms with Crippen LogP contribution in [0.5, 0.6) is 11.5 Å². The number of aromatic nitrogens is 1. The highest BCUT2D eigenvalue weighted by molar-refractivity contribution is 6.08. The average Bonchev–Trinajstić information content (AvgIpc) is 2.85. The maximum absolute atomic E-state index is 12.7. The molecule has 2 aromatic carbocycles. The molecule has 0 saturated carbocycles. The zero-order chi connectivity index (χ0) is 23.9. The van der Waals surface area contributed by atoms with Crippen LogP contribution in [0.25, 0.3) is 16.5 Å². The van der Waals surface area contributed by atoms with E-state index in [2.05, 4.69) is 16.4 Å². The molecule has 0 fully saturated rings. The number of carbonyl (C=O) groups is 2. The molecule has 1 heterocycles. The third-order valence-electron chi connectivity index (χ3n) is 5.15. The molecule has 1 amide bonds. The summed E-state index contributed by atoms with van der Waals surface area (Å²) in [7, 11) is 1.57. The van der Waals surface area contributed by atoms with Crippen molar-refractivity contribution in [2.75, 3.05) is 20.3 Å². The summed E-state index contributed by atoms with van der Waals surface area (Å²) in [5.74, 6) is 0.545. The van der Waals surface area contributed by atoms with Gasteiger partial charge in [-0.15, -0.1) is 0 Å². The molecule has 0 bridgehead atoms. The van der Waals surface area contributed by atoms with E-state index >= 15 is 0 Å². The Kier molecular flexibility index (Phi) is 6.96. The van der Waals surface area contributed by atoms with Crippen LogP contribution in [0.3, 0.4) is 0 Å². The summed E-state index contributed by atoms with van der Waals surface area (Å²) in [4.78, 5) is 29.3. The maximum Gasteiger partial charge on any atom is 0.417 e. The number of carbonyl (C=O) groups excluding carboxylic acids is 2. The lowest BCUT2D eigenvalue weighted by Crippen LogP contribution is -2.31. The van der Waals surface area contributed by atoms with Crippen LogP contribution in [0.1, 0.15) is 17.5 Å². The van der Waals surface area contributed by atoms with Gasteiger partial charge in [0.1, 0.15) is 24.2 Å². The minimum absolute atomic E-state index is 0.0739. The first kappa shape index (κ1) is 22.7. The van der Waals surface area contributed by atoms with Gasteiger partial charge in [-0.2, -0.15) is 5.26 Å². The number of nitrogens with zero attached hydrogens (tertiary/aromatic N) is 2. The van der Waals surface area contributed by atoms with E-state index in [9.17, 15) is 14.9 Å². The lowest BCUT2D eigenvalue weighted by atomic mass is 9.92. The number of benzene rings is 2. The zero-order valence-corrected chi connectivity index (χ0v) is 18.4. The van der Waals surface area contributed by atoms with Gasteiger partial charge in [-0.1, -0.05) is 24.3 Å². The number of Topliss-reactive ketones (excluding diaryl/α,β-unsaturated/α-hetero) is 1. The first-order chi connectivity index (χ1) is 16.6. The largest absolute Gasteiger partial charge is 0.490 e. The number of amides is 1. The first-order valence-electron chi connectivity index (χ1n) is 10.5. The Balaban J connectivity index is 1.58. The number of pyridine rings is 1.